The number of hydrogen-bond acceptors (Lipinski definition) is 4. The fourth-order valence-corrected chi connectivity index (χ4v) is 2.68. The van der Waals surface area contributed by atoms with Gasteiger partial charge in [0.05, 0.1) is 18.0 Å². The van der Waals surface area contributed by atoms with Crippen molar-refractivity contribution in [1.29, 1.82) is 0 Å². The zero-order chi connectivity index (χ0) is 18.4. The van der Waals surface area contributed by atoms with Crippen molar-refractivity contribution in [1.82, 2.24) is 9.38 Å². The molecule has 0 aliphatic rings. The molecule has 2 aromatic heterocycles. The Morgan fingerprint density at radius 3 is 2.62 bits per heavy atom. The zero-order valence-electron chi connectivity index (χ0n) is 15.2. The van der Waals surface area contributed by atoms with Crippen LogP contribution in [0.4, 0.5) is 15.9 Å². The minimum atomic E-state index is -0.341. The molecule has 0 saturated carbocycles. The van der Waals surface area contributed by atoms with Gasteiger partial charge in [-0.3, -0.25) is 4.40 Å². The van der Waals surface area contributed by atoms with E-state index in [0.717, 1.165) is 18.8 Å². The Bertz CT molecular complexity index is 887. The second kappa shape index (κ2) is 8.56. The highest BCUT2D eigenvalue weighted by Crippen LogP contribution is 2.25. The number of imidazole rings is 1. The number of unbranched alkanes of at least 4 members (excludes halogenated alkanes) is 3. The highest BCUT2D eigenvalue weighted by atomic mass is 19.1. The van der Waals surface area contributed by atoms with Gasteiger partial charge < -0.3 is 4.74 Å². The molecule has 3 aromatic rings. The third-order valence-corrected chi connectivity index (χ3v) is 4.09. The molecule has 26 heavy (non-hydrogen) atoms. The SMILES string of the molecule is CCCCCCOc1ccc(N=Nc2c(C)nc3ccc(F)cn23)cc1. The number of halogens is 1. The topological polar surface area (TPSA) is 51.2 Å². The van der Waals surface area contributed by atoms with E-state index in [-0.39, 0.29) is 5.82 Å². The Morgan fingerprint density at radius 1 is 1.04 bits per heavy atom. The molecule has 0 saturated heterocycles. The second-order valence-corrected chi connectivity index (χ2v) is 6.20. The lowest BCUT2D eigenvalue weighted by Crippen LogP contribution is -1.96. The molecule has 0 bridgehead atoms. The minimum Gasteiger partial charge on any atom is -0.494 e. The molecule has 0 N–H and O–H groups in total. The van der Waals surface area contributed by atoms with Crippen molar-refractivity contribution in [2.75, 3.05) is 6.61 Å². The van der Waals surface area contributed by atoms with Crippen molar-refractivity contribution < 1.29 is 9.13 Å². The first-order chi connectivity index (χ1) is 12.7. The first kappa shape index (κ1) is 18.0. The summed E-state index contributed by atoms with van der Waals surface area (Å²) in [6.07, 6.45) is 6.09. The fourth-order valence-electron chi connectivity index (χ4n) is 2.68. The Hall–Kier alpha value is -2.76. The van der Waals surface area contributed by atoms with Gasteiger partial charge in [0, 0.05) is 6.20 Å². The van der Waals surface area contributed by atoms with Gasteiger partial charge in [0.1, 0.15) is 17.2 Å². The number of fused-ring (bicyclic) bond motifs is 1. The molecule has 3 rings (SSSR count). The molecule has 136 valence electrons. The summed E-state index contributed by atoms with van der Waals surface area (Å²) in [6.45, 7) is 4.75. The molecule has 0 aliphatic carbocycles. The predicted octanol–water partition coefficient (Wildman–Crippen LogP) is 6.16. The van der Waals surface area contributed by atoms with Crippen LogP contribution in [0, 0.1) is 12.7 Å². The van der Waals surface area contributed by atoms with Crippen LogP contribution in [0.15, 0.2) is 52.8 Å². The average Bonchev–Trinajstić information content (AvgIpc) is 2.95. The number of ether oxygens (including phenoxy) is 1. The van der Waals surface area contributed by atoms with E-state index in [1.54, 1.807) is 10.5 Å². The van der Waals surface area contributed by atoms with Gasteiger partial charge in [-0.2, -0.15) is 0 Å². The van der Waals surface area contributed by atoms with E-state index in [2.05, 4.69) is 22.1 Å². The maximum Gasteiger partial charge on any atom is 0.182 e. The van der Waals surface area contributed by atoms with Crippen LogP contribution in [0.1, 0.15) is 38.3 Å². The number of benzene rings is 1. The van der Waals surface area contributed by atoms with Crippen molar-refractivity contribution in [3.8, 4) is 5.75 Å². The van der Waals surface area contributed by atoms with Gasteiger partial charge >= 0.3 is 0 Å². The monoisotopic (exact) mass is 354 g/mol. The maximum atomic E-state index is 13.5. The van der Waals surface area contributed by atoms with Crippen LogP contribution in [0.2, 0.25) is 0 Å². The molecule has 0 unspecified atom stereocenters. The van der Waals surface area contributed by atoms with Gasteiger partial charge in [-0.05, 0) is 49.7 Å². The lowest BCUT2D eigenvalue weighted by atomic mass is 10.2. The Labute approximate surface area is 152 Å². The molecule has 5 nitrogen and oxygen atoms in total. The van der Waals surface area contributed by atoms with Crippen molar-refractivity contribution in [2.24, 2.45) is 10.2 Å². The number of aromatic nitrogens is 2. The van der Waals surface area contributed by atoms with Crippen molar-refractivity contribution in [3.63, 3.8) is 0 Å². The molecule has 0 amide bonds. The van der Waals surface area contributed by atoms with Crippen LogP contribution >= 0.6 is 0 Å². The van der Waals surface area contributed by atoms with Gasteiger partial charge in [-0.25, -0.2) is 9.37 Å². The molecule has 0 atom stereocenters. The maximum absolute atomic E-state index is 13.5. The number of hydrogen-bond donors (Lipinski definition) is 0. The van der Waals surface area contributed by atoms with Crippen molar-refractivity contribution in [3.05, 3.63) is 54.1 Å². The van der Waals surface area contributed by atoms with E-state index in [1.165, 1.54) is 31.5 Å². The van der Waals surface area contributed by atoms with Gasteiger partial charge in [-0.15, -0.1) is 10.2 Å². The Balaban J connectivity index is 1.66. The molecule has 6 heteroatoms. The number of aryl methyl sites for hydroxylation is 1. The Kier molecular flexibility index (Phi) is 5.94. The van der Waals surface area contributed by atoms with Crippen molar-refractivity contribution >= 4 is 17.2 Å². The highest BCUT2D eigenvalue weighted by Gasteiger charge is 2.08. The van der Waals surface area contributed by atoms with Crippen LogP contribution in [0.5, 0.6) is 5.75 Å². The quantitative estimate of drug-likeness (QED) is 0.359. The summed E-state index contributed by atoms with van der Waals surface area (Å²) >= 11 is 0. The predicted molar refractivity (Wildman–Crippen MR) is 100 cm³/mol. The normalized spacial score (nSPS) is 11.5. The van der Waals surface area contributed by atoms with E-state index >= 15 is 0 Å². The summed E-state index contributed by atoms with van der Waals surface area (Å²) in [5, 5.41) is 8.49. The van der Waals surface area contributed by atoms with Crippen LogP contribution < -0.4 is 4.74 Å². The van der Waals surface area contributed by atoms with Crippen LogP contribution in [0.3, 0.4) is 0 Å². The number of nitrogens with zero attached hydrogens (tertiary/aromatic N) is 4. The van der Waals surface area contributed by atoms with Gasteiger partial charge in [0.2, 0.25) is 0 Å². The lowest BCUT2D eigenvalue weighted by molar-refractivity contribution is 0.305. The standard InChI is InChI=1S/C20H23FN4O/c1-3-4-5-6-13-26-18-10-8-17(9-11-18)23-24-20-15(2)22-19-12-7-16(21)14-25(19)20/h7-12,14H,3-6,13H2,1-2H3. The number of rotatable bonds is 8. The van der Waals surface area contributed by atoms with Crippen LogP contribution in [-0.4, -0.2) is 16.0 Å². The number of pyridine rings is 1. The van der Waals surface area contributed by atoms with Gasteiger partial charge in [-0.1, -0.05) is 26.2 Å². The first-order valence-electron chi connectivity index (χ1n) is 8.96. The molecule has 0 spiro atoms. The molecular weight excluding hydrogens is 331 g/mol. The first-order valence-corrected chi connectivity index (χ1v) is 8.96. The van der Waals surface area contributed by atoms with Crippen LogP contribution in [-0.2, 0) is 0 Å². The summed E-state index contributed by atoms with van der Waals surface area (Å²) in [6, 6.07) is 10.5. The summed E-state index contributed by atoms with van der Waals surface area (Å²) in [5.74, 6) is 1.01. The molecular formula is C20H23FN4O. The molecule has 1 aromatic carbocycles. The lowest BCUT2D eigenvalue weighted by Gasteiger charge is -2.05. The zero-order valence-corrected chi connectivity index (χ0v) is 15.2. The molecule has 0 radical (unpaired) electrons. The van der Waals surface area contributed by atoms with E-state index in [4.69, 9.17) is 4.74 Å². The third-order valence-electron chi connectivity index (χ3n) is 4.09. The largest absolute Gasteiger partial charge is 0.494 e. The summed E-state index contributed by atoms with van der Waals surface area (Å²) in [7, 11) is 0. The Morgan fingerprint density at radius 2 is 1.85 bits per heavy atom. The highest BCUT2D eigenvalue weighted by molar-refractivity contribution is 5.52. The fraction of sp³-hybridized carbons (Fsp3) is 0.350. The van der Waals surface area contributed by atoms with E-state index in [0.29, 0.717) is 22.8 Å². The average molecular weight is 354 g/mol. The van der Waals surface area contributed by atoms with E-state index in [9.17, 15) is 4.39 Å². The smallest absolute Gasteiger partial charge is 0.182 e. The minimum absolute atomic E-state index is 0.341. The molecule has 2 heterocycles. The summed E-state index contributed by atoms with van der Waals surface area (Å²) < 4.78 is 20.8. The van der Waals surface area contributed by atoms with Crippen molar-refractivity contribution in [2.45, 2.75) is 39.5 Å². The van der Waals surface area contributed by atoms with Gasteiger partial charge in [0.25, 0.3) is 0 Å². The third kappa shape index (κ3) is 4.45. The molecule has 0 aliphatic heterocycles. The second-order valence-electron chi connectivity index (χ2n) is 6.20. The molecule has 0 fully saturated rings. The van der Waals surface area contributed by atoms with E-state index < -0.39 is 0 Å². The summed E-state index contributed by atoms with van der Waals surface area (Å²) in [4.78, 5) is 4.36. The number of azo groups is 1. The summed E-state index contributed by atoms with van der Waals surface area (Å²) in [5.41, 5.74) is 2.05. The van der Waals surface area contributed by atoms with Crippen LogP contribution in [0.25, 0.3) is 5.65 Å². The van der Waals surface area contributed by atoms with E-state index in [1.807, 2.05) is 31.2 Å². The van der Waals surface area contributed by atoms with Gasteiger partial charge in [0.15, 0.2) is 5.82 Å².